The van der Waals surface area contributed by atoms with E-state index in [0.717, 1.165) is 11.8 Å². The van der Waals surface area contributed by atoms with Crippen molar-refractivity contribution in [1.82, 2.24) is 0 Å². The van der Waals surface area contributed by atoms with Crippen LogP contribution in [-0.4, -0.2) is 30.5 Å². The van der Waals surface area contributed by atoms with Crippen LogP contribution in [-0.2, 0) is 14.3 Å². The first-order valence-corrected chi connectivity index (χ1v) is 7.70. The number of carbonyl (C=O) groups is 2. The summed E-state index contributed by atoms with van der Waals surface area (Å²) in [6.07, 6.45) is 1.46. The van der Waals surface area contributed by atoms with Gasteiger partial charge in [-0.1, -0.05) is 11.8 Å². The molecule has 1 unspecified atom stereocenters. The summed E-state index contributed by atoms with van der Waals surface area (Å²) in [5.74, 6) is -1.96. The maximum atomic E-state index is 11.8. The van der Waals surface area contributed by atoms with Crippen LogP contribution in [0.3, 0.4) is 0 Å². The average Bonchev–Trinajstić information content (AvgIpc) is 3.05. The van der Waals surface area contributed by atoms with Gasteiger partial charge in [0.25, 0.3) is 0 Å². The van der Waals surface area contributed by atoms with Gasteiger partial charge in [0.15, 0.2) is 0 Å². The molecule has 0 saturated heterocycles. The molecule has 2 heterocycles. The van der Waals surface area contributed by atoms with E-state index in [0.29, 0.717) is 16.5 Å². The van der Waals surface area contributed by atoms with Crippen LogP contribution in [0.2, 0.25) is 0 Å². The molecule has 1 aromatic heterocycles. The molecule has 2 rings (SSSR count). The zero-order chi connectivity index (χ0) is 17.0. The third-order valence-electron chi connectivity index (χ3n) is 3.43. The number of methoxy groups -OCH3 is 1. The molecule has 0 radical (unpaired) electrons. The van der Waals surface area contributed by atoms with Gasteiger partial charge in [0, 0.05) is 5.71 Å². The fraction of sp³-hybridized carbons (Fsp3) is 0.333. The van der Waals surface area contributed by atoms with Crippen molar-refractivity contribution < 1.29 is 18.7 Å². The third-order valence-corrected chi connectivity index (χ3v) is 4.40. The van der Waals surface area contributed by atoms with E-state index in [1.807, 2.05) is 0 Å². The van der Waals surface area contributed by atoms with Gasteiger partial charge in [-0.15, -0.1) is 0 Å². The highest BCUT2D eigenvalue weighted by molar-refractivity contribution is 8.03. The van der Waals surface area contributed by atoms with Crippen LogP contribution < -0.4 is 5.73 Å². The zero-order valence-electron chi connectivity index (χ0n) is 12.6. The second-order valence-electron chi connectivity index (χ2n) is 4.82. The smallest absolute Gasteiger partial charge is 0.316 e. The summed E-state index contributed by atoms with van der Waals surface area (Å²) in [7, 11) is 1.28. The molecule has 1 amide bonds. The van der Waals surface area contributed by atoms with Crippen molar-refractivity contribution in [2.75, 3.05) is 12.9 Å². The van der Waals surface area contributed by atoms with E-state index in [1.165, 1.54) is 13.4 Å². The molecule has 1 aromatic rings. The van der Waals surface area contributed by atoms with E-state index in [1.54, 1.807) is 19.1 Å². The lowest BCUT2D eigenvalue weighted by Crippen LogP contribution is -2.36. The number of furan rings is 1. The van der Waals surface area contributed by atoms with E-state index in [2.05, 4.69) is 15.8 Å². The predicted octanol–water partition coefficient (Wildman–Crippen LogP) is 1.58. The van der Waals surface area contributed by atoms with Crippen LogP contribution in [0.4, 0.5) is 0 Å². The Kier molecular flexibility index (Phi) is 5.24. The number of nitriles is 1. The van der Waals surface area contributed by atoms with E-state index < -0.39 is 23.7 Å². The van der Waals surface area contributed by atoms with Gasteiger partial charge in [-0.05, 0) is 19.1 Å². The molecule has 0 fully saturated rings. The first kappa shape index (κ1) is 16.8. The number of hydrogen-bond acceptors (Lipinski definition) is 7. The van der Waals surface area contributed by atoms with Crippen LogP contribution in [0.1, 0.15) is 18.6 Å². The molecule has 0 aromatic carbocycles. The fourth-order valence-corrected chi connectivity index (χ4v) is 3.30. The van der Waals surface area contributed by atoms with Gasteiger partial charge < -0.3 is 14.9 Å². The monoisotopic (exact) mass is 333 g/mol. The Labute approximate surface area is 137 Å². The molecule has 23 heavy (non-hydrogen) atoms. The number of ether oxygens (including phenoxy) is 1. The Morgan fingerprint density at radius 3 is 2.83 bits per heavy atom. The number of aliphatic imine (C=N–C) groups is 1. The van der Waals surface area contributed by atoms with E-state index >= 15 is 0 Å². The summed E-state index contributed by atoms with van der Waals surface area (Å²) in [5.41, 5.74) is 6.22. The van der Waals surface area contributed by atoms with Crippen molar-refractivity contribution in [2.45, 2.75) is 12.8 Å². The summed E-state index contributed by atoms with van der Waals surface area (Å²) in [6, 6.07) is 5.42. The number of carbonyl (C=O) groups excluding carboxylic acids is 2. The number of hydrogen-bond donors (Lipinski definition) is 1. The fourth-order valence-electron chi connectivity index (χ4n) is 2.39. The highest BCUT2D eigenvalue weighted by atomic mass is 32.2. The van der Waals surface area contributed by atoms with Crippen molar-refractivity contribution in [3.8, 4) is 6.07 Å². The number of thioether (sulfide) groups is 1. The SMILES string of the molecule is COC(=O)CSC1=C(C#N)[C@@H](c2ccco2)C(C(N)=O)C(C)=N1. The van der Waals surface area contributed by atoms with Gasteiger partial charge in [-0.3, -0.25) is 9.59 Å². The lowest BCUT2D eigenvalue weighted by atomic mass is 9.80. The minimum atomic E-state index is -0.765. The second-order valence-corrected chi connectivity index (χ2v) is 5.79. The summed E-state index contributed by atoms with van der Waals surface area (Å²) >= 11 is 1.08. The van der Waals surface area contributed by atoms with Crippen LogP contribution in [0.5, 0.6) is 0 Å². The summed E-state index contributed by atoms with van der Waals surface area (Å²) in [5, 5.41) is 9.91. The first-order chi connectivity index (χ1) is 11.0. The molecule has 2 N–H and O–H groups in total. The quantitative estimate of drug-likeness (QED) is 0.817. The third kappa shape index (κ3) is 3.46. The number of primary amides is 1. The zero-order valence-corrected chi connectivity index (χ0v) is 13.4. The summed E-state index contributed by atoms with van der Waals surface area (Å²) < 4.78 is 9.97. The van der Waals surface area contributed by atoms with Crippen LogP contribution in [0, 0.1) is 17.2 Å². The van der Waals surface area contributed by atoms with Crippen LogP contribution in [0.15, 0.2) is 38.4 Å². The van der Waals surface area contributed by atoms with Gasteiger partial charge in [0.1, 0.15) is 10.8 Å². The highest BCUT2D eigenvalue weighted by Gasteiger charge is 2.40. The Hall–Kier alpha value is -2.53. The number of amides is 1. The molecule has 0 saturated carbocycles. The molecule has 1 aliphatic rings. The number of nitrogens with two attached hydrogens (primary N) is 1. The molecule has 7 nitrogen and oxygen atoms in total. The molecule has 0 spiro atoms. The van der Waals surface area contributed by atoms with Crippen molar-refractivity contribution in [3.05, 3.63) is 34.8 Å². The van der Waals surface area contributed by atoms with E-state index in [-0.39, 0.29) is 11.3 Å². The maximum absolute atomic E-state index is 11.8. The van der Waals surface area contributed by atoms with Gasteiger partial charge in [0.2, 0.25) is 5.91 Å². The predicted molar refractivity (Wildman–Crippen MR) is 84.4 cm³/mol. The normalized spacial score (nSPS) is 20.7. The van der Waals surface area contributed by atoms with E-state index in [4.69, 9.17) is 10.2 Å². The van der Waals surface area contributed by atoms with Crippen molar-refractivity contribution in [3.63, 3.8) is 0 Å². The minimum Gasteiger partial charge on any atom is -0.469 e. The molecule has 0 aliphatic carbocycles. The maximum Gasteiger partial charge on any atom is 0.316 e. The lowest BCUT2D eigenvalue weighted by Gasteiger charge is -2.27. The second kappa shape index (κ2) is 7.15. The molecule has 0 bridgehead atoms. The number of esters is 1. The summed E-state index contributed by atoms with van der Waals surface area (Å²) in [6.45, 7) is 1.66. The number of rotatable bonds is 5. The topological polar surface area (TPSA) is 119 Å². The van der Waals surface area contributed by atoms with Crippen molar-refractivity contribution in [2.24, 2.45) is 16.6 Å². The molecular weight excluding hydrogens is 318 g/mol. The van der Waals surface area contributed by atoms with Crippen LogP contribution >= 0.6 is 11.8 Å². The summed E-state index contributed by atoms with van der Waals surface area (Å²) in [4.78, 5) is 27.5. The van der Waals surface area contributed by atoms with Gasteiger partial charge >= 0.3 is 5.97 Å². The number of allylic oxidation sites excluding steroid dienone is 1. The largest absolute Gasteiger partial charge is 0.469 e. The Morgan fingerprint density at radius 2 is 2.30 bits per heavy atom. The van der Waals surface area contributed by atoms with E-state index in [9.17, 15) is 14.9 Å². The van der Waals surface area contributed by atoms with Gasteiger partial charge in [-0.25, -0.2) is 4.99 Å². The Morgan fingerprint density at radius 1 is 1.57 bits per heavy atom. The highest BCUT2D eigenvalue weighted by Crippen LogP contribution is 2.41. The Bertz CT molecular complexity index is 716. The number of nitrogens with zero attached hydrogens (tertiary/aromatic N) is 2. The minimum absolute atomic E-state index is 0.0138. The van der Waals surface area contributed by atoms with Gasteiger partial charge in [0.05, 0.1) is 42.6 Å². The molecular formula is C15H15N3O4S. The first-order valence-electron chi connectivity index (χ1n) is 6.71. The molecule has 1 aliphatic heterocycles. The van der Waals surface area contributed by atoms with Crippen molar-refractivity contribution in [1.29, 1.82) is 5.26 Å². The standard InChI is InChI=1S/C15H15N3O4S/c1-8-12(14(17)20)13(10-4-3-5-22-10)9(6-16)15(18-8)23-7-11(19)21-2/h3-5,12-13H,7H2,1-2H3,(H2,17,20)/t12?,13-/m0/s1. The molecule has 120 valence electrons. The lowest BCUT2D eigenvalue weighted by molar-refractivity contribution is -0.137. The molecule has 8 heteroatoms. The van der Waals surface area contributed by atoms with Crippen LogP contribution in [0.25, 0.3) is 0 Å². The van der Waals surface area contributed by atoms with Crippen molar-refractivity contribution >= 4 is 29.4 Å². The molecule has 2 atom stereocenters. The van der Waals surface area contributed by atoms with Gasteiger partial charge in [-0.2, -0.15) is 5.26 Å². The average molecular weight is 333 g/mol. The Balaban J connectivity index is 2.47.